The molecule has 3 rings (SSSR count). The Kier molecular flexibility index (Phi) is 8.91. The van der Waals surface area contributed by atoms with Crippen molar-refractivity contribution < 1.29 is 4.74 Å². The molecule has 3 heteroatoms. The molecule has 2 nitrogen and oxygen atoms in total. The summed E-state index contributed by atoms with van der Waals surface area (Å²) in [6, 6.07) is 23.9. The predicted octanol–water partition coefficient (Wildman–Crippen LogP) is 7.01. The van der Waals surface area contributed by atoms with Crippen LogP contribution in [-0.4, -0.2) is 6.54 Å². The molecule has 0 saturated heterocycles. The number of rotatable bonds is 11. The Balaban J connectivity index is 2.01. The van der Waals surface area contributed by atoms with Crippen LogP contribution < -0.4 is 15.4 Å². The van der Waals surface area contributed by atoms with Gasteiger partial charge in [0.15, 0.2) is 0 Å². The molecule has 0 aliphatic carbocycles. The molecule has 1 N–H and O–H groups in total. The third-order valence-electron chi connectivity index (χ3n) is 6.45. The standard InChI is InChI=1S/C29H38NOP/c1-6-29(7-2,32-28-23(5)15-12-18-25(28)20-30-8-3)26-19-13-14-22(4)27(26)31-21-24-16-10-9-11-17-24/h9-19,30,32H,6-8,20-21H2,1-5H3. The van der Waals surface area contributed by atoms with E-state index in [2.05, 4.69) is 107 Å². The maximum absolute atomic E-state index is 6.52. The first-order valence-electron chi connectivity index (χ1n) is 11.9. The largest absolute Gasteiger partial charge is 0.488 e. The van der Waals surface area contributed by atoms with Gasteiger partial charge in [-0.3, -0.25) is 0 Å². The van der Waals surface area contributed by atoms with Crippen molar-refractivity contribution in [3.05, 3.63) is 94.5 Å². The minimum atomic E-state index is 0.0606. The molecular formula is C29H38NOP. The number of hydrogen-bond donors (Lipinski definition) is 1. The van der Waals surface area contributed by atoms with Gasteiger partial charge >= 0.3 is 0 Å². The second-order valence-electron chi connectivity index (χ2n) is 8.53. The van der Waals surface area contributed by atoms with Crippen molar-refractivity contribution in [3.63, 3.8) is 0 Å². The lowest BCUT2D eigenvalue weighted by Gasteiger charge is -2.36. The Labute approximate surface area is 196 Å². The van der Waals surface area contributed by atoms with Crippen molar-refractivity contribution in [2.24, 2.45) is 0 Å². The number of hydrogen-bond acceptors (Lipinski definition) is 2. The van der Waals surface area contributed by atoms with Crippen LogP contribution in [0, 0.1) is 13.8 Å². The van der Waals surface area contributed by atoms with Crippen molar-refractivity contribution >= 4 is 13.9 Å². The Morgan fingerprint density at radius 1 is 0.812 bits per heavy atom. The van der Waals surface area contributed by atoms with Gasteiger partial charge in [-0.1, -0.05) is 96.1 Å². The van der Waals surface area contributed by atoms with Crippen LogP contribution in [0.1, 0.15) is 61.4 Å². The van der Waals surface area contributed by atoms with E-state index in [0.717, 1.165) is 31.7 Å². The molecule has 0 spiro atoms. The molecular weight excluding hydrogens is 409 g/mol. The molecule has 0 aromatic heterocycles. The van der Waals surface area contributed by atoms with Gasteiger partial charge in [-0.2, -0.15) is 0 Å². The first kappa shape index (κ1) is 24.5. The maximum atomic E-state index is 6.52. The van der Waals surface area contributed by atoms with E-state index in [1.807, 2.05) is 0 Å². The van der Waals surface area contributed by atoms with E-state index in [9.17, 15) is 0 Å². The minimum Gasteiger partial charge on any atom is -0.488 e. The lowest BCUT2D eigenvalue weighted by molar-refractivity contribution is 0.296. The van der Waals surface area contributed by atoms with Gasteiger partial charge in [-0.25, -0.2) is 0 Å². The maximum Gasteiger partial charge on any atom is 0.126 e. The Morgan fingerprint density at radius 2 is 1.50 bits per heavy atom. The lowest BCUT2D eigenvalue weighted by Crippen LogP contribution is -2.26. The molecule has 32 heavy (non-hydrogen) atoms. The zero-order valence-corrected chi connectivity index (χ0v) is 21.3. The fraction of sp³-hybridized carbons (Fsp3) is 0.379. The van der Waals surface area contributed by atoms with Gasteiger partial charge in [0.1, 0.15) is 12.4 Å². The number of benzene rings is 3. The summed E-state index contributed by atoms with van der Waals surface area (Å²) in [7, 11) is 0.696. The van der Waals surface area contributed by atoms with E-state index in [1.54, 1.807) is 0 Å². The van der Waals surface area contributed by atoms with Gasteiger partial charge in [0, 0.05) is 17.3 Å². The number of aryl methyl sites for hydroxylation is 2. The zero-order valence-electron chi connectivity index (χ0n) is 20.3. The van der Waals surface area contributed by atoms with Crippen LogP contribution in [0.5, 0.6) is 5.75 Å². The first-order chi connectivity index (χ1) is 15.5. The van der Waals surface area contributed by atoms with Crippen molar-refractivity contribution in [2.75, 3.05) is 6.54 Å². The van der Waals surface area contributed by atoms with Crippen molar-refractivity contribution in [1.29, 1.82) is 0 Å². The zero-order chi connectivity index (χ0) is 23.0. The molecule has 0 saturated carbocycles. The third-order valence-corrected chi connectivity index (χ3v) is 8.87. The summed E-state index contributed by atoms with van der Waals surface area (Å²) in [5.74, 6) is 1.06. The fourth-order valence-electron chi connectivity index (χ4n) is 4.38. The molecule has 170 valence electrons. The van der Waals surface area contributed by atoms with Gasteiger partial charge < -0.3 is 10.1 Å². The molecule has 0 aliphatic heterocycles. The summed E-state index contributed by atoms with van der Waals surface area (Å²) in [6.45, 7) is 13.8. The number of para-hydroxylation sites is 1. The molecule has 0 amide bonds. The highest BCUT2D eigenvalue weighted by Gasteiger charge is 2.33. The summed E-state index contributed by atoms with van der Waals surface area (Å²) in [5, 5.41) is 5.10. The molecule has 0 bridgehead atoms. The topological polar surface area (TPSA) is 21.3 Å². The van der Waals surface area contributed by atoms with E-state index in [4.69, 9.17) is 4.74 Å². The Hall–Kier alpha value is -2.15. The fourth-order valence-corrected chi connectivity index (χ4v) is 6.16. The van der Waals surface area contributed by atoms with Gasteiger partial charge in [-0.15, -0.1) is 0 Å². The Bertz CT molecular complexity index is 995. The monoisotopic (exact) mass is 447 g/mol. The van der Waals surface area contributed by atoms with Crippen LogP contribution in [0.4, 0.5) is 0 Å². The van der Waals surface area contributed by atoms with Crippen LogP contribution >= 0.6 is 8.58 Å². The summed E-state index contributed by atoms with van der Waals surface area (Å²) in [5.41, 5.74) is 6.59. The van der Waals surface area contributed by atoms with E-state index in [1.165, 1.54) is 33.1 Å². The highest BCUT2D eigenvalue weighted by Crippen LogP contribution is 2.51. The van der Waals surface area contributed by atoms with Crippen molar-refractivity contribution in [3.8, 4) is 5.75 Å². The van der Waals surface area contributed by atoms with Crippen LogP contribution in [-0.2, 0) is 18.3 Å². The van der Waals surface area contributed by atoms with Gasteiger partial charge in [-0.05, 0) is 60.8 Å². The highest BCUT2D eigenvalue weighted by molar-refractivity contribution is 7.48. The normalized spacial score (nSPS) is 11.9. The second kappa shape index (κ2) is 11.6. The molecule has 0 fully saturated rings. The smallest absolute Gasteiger partial charge is 0.126 e. The van der Waals surface area contributed by atoms with Crippen LogP contribution in [0.3, 0.4) is 0 Å². The molecule has 1 unspecified atom stereocenters. The SMILES string of the molecule is CCNCc1cccc(C)c1PC(CC)(CC)c1cccc(C)c1OCc1ccccc1. The molecule has 0 heterocycles. The summed E-state index contributed by atoms with van der Waals surface area (Å²) in [4.78, 5) is 0. The highest BCUT2D eigenvalue weighted by atomic mass is 31.1. The van der Waals surface area contributed by atoms with Gasteiger partial charge in [0.25, 0.3) is 0 Å². The van der Waals surface area contributed by atoms with Crippen LogP contribution in [0.2, 0.25) is 0 Å². The summed E-state index contributed by atoms with van der Waals surface area (Å²) in [6.07, 6.45) is 2.17. The molecule has 1 atom stereocenters. The molecule has 0 aliphatic rings. The first-order valence-corrected chi connectivity index (χ1v) is 12.9. The van der Waals surface area contributed by atoms with E-state index in [0.29, 0.717) is 15.2 Å². The van der Waals surface area contributed by atoms with Crippen molar-refractivity contribution in [2.45, 2.75) is 65.8 Å². The van der Waals surface area contributed by atoms with Crippen LogP contribution in [0.15, 0.2) is 66.7 Å². The van der Waals surface area contributed by atoms with Crippen LogP contribution in [0.25, 0.3) is 0 Å². The Morgan fingerprint density at radius 3 is 2.19 bits per heavy atom. The van der Waals surface area contributed by atoms with Crippen molar-refractivity contribution in [1.82, 2.24) is 5.32 Å². The van der Waals surface area contributed by atoms with Gasteiger partial charge in [0.2, 0.25) is 0 Å². The van der Waals surface area contributed by atoms with E-state index in [-0.39, 0.29) is 5.16 Å². The van der Waals surface area contributed by atoms with E-state index < -0.39 is 0 Å². The molecule has 3 aromatic rings. The average Bonchev–Trinajstić information content (AvgIpc) is 2.82. The molecule has 0 radical (unpaired) electrons. The predicted molar refractivity (Wildman–Crippen MR) is 141 cm³/mol. The minimum absolute atomic E-state index is 0.0606. The third kappa shape index (κ3) is 5.61. The summed E-state index contributed by atoms with van der Waals surface area (Å²) < 4.78 is 6.52. The number of ether oxygens (including phenoxy) is 1. The van der Waals surface area contributed by atoms with Gasteiger partial charge in [0.05, 0.1) is 0 Å². The average molecular weight is 448 g/mol. The quantitative estimate of drug-likeness (QED) is 0.319. The lowest BCUT2D eigenvalue weighted by atomic mass is 9.90. The second-order valence-corrected chi connectivity index (χ2v) is 10.2. The molecule has 3 aromatic carbocycles. The number of nitrogens with one attached hydrogen (secondary N) is 1. The van der Waals surface area contributed by atoms with E-state index >= 15 is 0 Å². The summed E-state index contributed by atoms with van der Waals surface area (Å²) >= 11 is 0.